The number of hydrogen-bond acceptors (Lipinski definition) is 3. The maximum atomic E-state index is 13.8. The summed E-state index contributed by atoms with van der Waals surface area (Å²) in [5.41, 5.74) is 2.05. The lowest BCUT2D eigenvalue weighted by Gasteiger charge is -2.36. The molecular formula is C21H24FN3O2. The number of hydrogen-bond donors (Lipinski definition) is 1. The molecule has 5 nitrogen and oxygen atoms in total. The number of nitrogens with zero attached hydrogens (tertiary/aromatic N) is 2. The molecule has 1 N–H and O–H groups in total. The third-order valence-corrected chi connectivity index (χ3v) is 5.76. The van der Waals surface area contributed by atoms with Gasteiger partial charge in [-0.05, 0) is 32.8 Å². The third-order valence-electron chi connectivity index (χ3n) is 5.76. The highest BCUT2D eigenvalue weighted by Crippen LogP contribution is 2.41. The standard InChI is InChI=1S/C21H24FN3O2/c1-13-10-17(24-8-5-9-24)20-19(18(26)11-14(2)25(13)20)21(27)23-12-15-6-3-4-7-16(15)22/h3-4,6-7,11,13,17H,5,8-10,12H2,1-2H3,(H,23,27)/t13-,17?/m1/s1. The Morgan fingerprint density at radius 3 is 2.70 bits per heavy atom. The number of aromatic nitrogens is 1. The number of benzene rings is 1. The molecule has 2 aromatic rings. The Balaban J connectivity index is 1.69. The van der Waals surface area contributed by atoms with Crippen molar-refractivity contribution in [3.63, 3.8) is 0 Å². The highest BCUT2D eigenvalue weighted by molar-refractivity contribution is 5.95. The number of rotatable bonds is 4. The van der Waals surface area contributed by atoms with Crippen LogP contribution in [-0.4, -0.2) is 28.5 Å². The first-order chi connectivity index (χ1) is 13.0. The van der Waals surface area contributed by atoms with Gasteiger partial charge < -0.3 is 9.88 Å². The number of fused-ring (bicyclic) bond motifs is 1. The maximum Gasteiger partial charge on any atom is 0.257 e. The van der Waals surface area contributed by atoms with Gasteiger partial charge in [0.2, 0.25) is 0 Å². The van der Waals surface area contributed by atoms with E-state index in [9.17, 15) is 14.0 Å². The van der Waals surface area contributed by atoms with Gasteiger partial charge in [0.05, 0.1) is 11.7 Å². The van der Waals surface area contributed by atoms with E-state index in [0.29, 0.717) is 5.56 Å². The summed E-state index contributed by atoms with van der Waals surface area (Å²) in [5.74, 6) is -0.789. The van der Waals surface area contributed by atoms with Crippen molar-refractivity contribution < 1.29 is 9.18 Å². The van der Waals surface area contributed by atoms with E-state index < -0.39 is 5.91 Å². The van der Waals surface area contributed by atoms with Gasteiger partial charge >= 0.3 is 0 Å². The SMILES string of the molecule is Cc1cc(=O)c(C(=O)NCc2ccccc2F)c2n1[C@H](C)CC2N1CCC1. The van der Waals surface area contributed by atoms with Crippen molar-refractivity contribution in [1.82, 2.24) is 14.8 Å². The number of halogens is 1. The summed E-state index contributed by atoms with van der Waals surface area (Å²) in [5, 5.41) is 2.75. The Bertz CT molecular complexity index is 949. The highest BCUT2D eigenvalue weighted by atomic mass is 19.1. The molecule has 0 bridgehead atoms. The average molecular weight is 369 g/mol. The van der Waals surface area contributed by atoms with Crippen molar-refractivity contribution >= 4 is 5.91 Å². The van der Waals surface area contributed by atoms with Gasteiger partial charge in [-0.25, -0.2) is 4.39 Å². The summed E-state index contributed by atoms with van der Waals surface area (Å²) >= 11 is 0. The molecule has 4 rings (SSSR count). The molecule has 1 aromatic heterocycles. The van der Waals surface area contributed by atoms with Crippen molar-refractivity contribution in [2.45, 2.75) is 45.3 Å². The van der Waals surface area contributed by atoms with Crippen LogP contribution >= 0.6 is 0 Å². The Kier molecular flexibility index (Phi) is 4.60. The molecule has 2 aliphatic rings. The zero-order valence-corrected chi connectivity index (χ0v) is 15.7. The second kappa shape index (κ2) is 6.93. The molecule has 0 aliphatic carbocycles. The zero-order valence-electron chi connectivity index (χ0n) is 15.7. The predicted octanol–water partition coefficient (Wildman–Crippen LogP) is 2.94. The summed E-state index contributed by atoms with van der Waals surface area (Å²) in [6.07, 6.45) is 2.05. The number of carbonyl (C=O) groups is 1. The van der Waals surface area contributed by atoms with Gasteiger partial charge in [0.25, 0.3) is 5.91 Å². The molecule has 1 saturated heterocycles. The van der Waals surface area contributed by atoms with Gasteiger partial charge in [0, 0.05) is 43.0 Å². The van der Waals surface area contributed by atoms with E-state index in [1.54, 1.807) is 18.2 Å². The van der Waals surface area contributed by atoms with E-state index in [-0.39, 0.29) is 35.4 Å². The average Bonchev–Trinajstić information content (AvgIpc) is 2.90. The van der Waals surface area contributed by atoms with E-state index >= 15 is 0 Å². The zero-order chi connectivity index (χ0) is 19.1. The van der Waals surface area contributed by atoms with Crippen molar-refractivity contribution in [2.75, 3.05) is 13.1 Å². The Morgan fingerprint density at radius 2 is 2.04 bits per heavy atom. The molecule has 1 amide bonds. The van der Waals surface area contributed by atoms with E-state index in [0.717, 1.165) is 37.3 Å². The van der Waals surface area contributed by atoms with Crippen LogP contribution < -0.4 is 10.7 Å². The van der Waals surface area contributed by atoms with Crippen LogP contribution in [-0.2, 0) is 6.54 Å². The fourth-order valence-electron chi connectivity index (χ4n) is 4.33. The lowest BCUT2D eigenvalue weighted by atomic mass is 10.00. The minimum Gasteiger partial charge on any atom is -0.348 e. The molecular weight excluding hydrogens is 345 g/mol. The van der Waals surface area contributed by atoms with Gasteiger partial charge in [0.1, 0.15) is 11.4 Å². The van der Waals surface area contributed by atoms with Crippen molar-refractivity contribution in [3.8, 4) is 0 Å². The number of carbonyl (C=O) groups excluding carboxylic acids is 1. The van der Waals surface area contributed by atoms with Crippen LogP contribution in [0.4, 0.5) is 4.39 Å². The second-order valence-corrected chi connectivity index (χ2v) is 7.54. The molecule has 142 valence electrons. The highest BCUT2D eigenvalue weighted by Gasteiger charge is 2.39. The minimum atomic E-state index is -0.424. The van der Waals surface area contributed by atoms with Crippen molar-refractivity contribution in [2.24, 2.45) is 0 Å². The Morgan fingerprint density at radius 1 is 1.30 bits per heavy atom. The van der Waals surface area contributed by atoms with Crippen LogP contribution in [0, 0.1) is 12.7 Å². The topological polar surface area (TPSA) is 54.3 Å². The van der Waals surface area contributed by atoms with Gasteiger partial charge in [-0.2, -0.15) is 0 Å². The number of pyridine rings is 1. The third kappa shape index (κ3) is 3.08. The molecule has 0 radical (unpaired) electrons. The fourth-order valence-corrected chi connectivity index (χ4v) is 4.33. The quantitative estimate of drug-likeness (QED) is 0.902. The molecule has 6 heteroatoms. The summed E-state index contributed by atoms with van der Waals surface area (Å²) in [6.45, 7) is 6.09. The van der Waals surface area contributed by atoms with E-state index in [1.807, 2.05) is 6.92 Å². The van der Waals surface area contributed by atoms with Crippen LogP contribution in [0.1, 0.15) is 59.2 Å². The Hall–Kier alpha value is -2.47. The van der Waals surface area contributed by atoms with E-state index in [1.165, 1.54) is 12.1 Å². The van der Waals surface area contributed by atoms with Crippen LogP contribution in [0.5, 0.6) is 0 Å². The molecule has 2 atom stereocenters. The largest absolute Gasteiger partial charge is 0.348 e. The molecule has 1 aromatic carbocycles. The number of nitrogens with one attached hydrogen (secondary N) is 1. The summed E-state index contributed by atoms with van der Waals surface area (Å²) in [6, 6.07) is 8.20. The van der Waals surface area contributed by atoms with Crippen LogP contribution in [0.3, 0.4) is 0 Å². The van der Waals surface area contributed by atoms with E-state index in [4.69, 9.17) is 0 Å². The number of likely N-dealkylation sites (tertiary alicyclic amines) is 1. The first-order valence-electron chi connectivity index (χ1n) is 9.49. The van der Waals surface area contributed by atoms with Crippen LogP contribution in [0.25, 0.3) is 0 Å². The monoisotopic (exact) mass is 369 g/mol. The minimum absolute atomic E-state index is 0.0577. The van der Waals surface area contributed by atoms with E-state index in [2.05, 4.69) is 21.7 Å². The molecule has 2 aliphatic heterocycles. The molecule has 27 heavy (non-hydrogen) atoms. The predicted molar refractivity (Wildman–Crippen MR) is 101 cm³/mol. The van der Waals surface area contributed by atoms with Gasteiger partial charge in [0.15, 0.2) is 5.43 Å². The summed E-state index contributed by atoms with van der Waals surface area (Å²) in [4.78, 5) is 28.0. The summed E-state index contributed by atoms with van der Waals surface area (Å²) in [7, 11) is 0. The van der Waals surface area contributed by atoms with Gasteiger partial charge in [-0.3, -0.25) is 14.5 Å². The molecule has 0 spiro atoms. The van der Waals surface area contributed by atoms with Crippen LogP contribution in [0.2, 0.25) is 0 Å². The maximum absolute atomic E-state index is 13.8. The normalized spacial score (nSPS) is 21.6. The second-order valence-electron chi connectivity index (χ2n) is 7.54. The van der Waals surface area contributed by atoms with Gasteiger partial charge in [-0.1, -0.05) is 18.2 Å². The number of aryl methyl sites for hydroxylation is 1. The first kappa shape index (κ1) is 17.9. The molecule has 1 fully saturated rings. The smallest absolute Gasteiger partial charge is 0.257 e. The molecule has 0 saturated carbocycles. The molecule has 3 heterocycles. The Labute approximate surface area is 157 Å². The van der Waals surface area contributed by atoms with Crippen LogP contribution in [0.15, 0.2) is 35.1 Å². The van der Waals surface area contributed by atoms with Crippen molar-refractivity contribution in [3.05, 3.63) is 68.9 Å². The van der Waals surface area contributed by atoms with Gasteiger partial charge in [-0.15, -0.1) is 0 Å². The number of amides is 1. The fraction of sp³-hybridized carbons (Fsp3) is 0.429. The molecule has 1 unspecified atom stereocenters. The van der Waals surface area contributed by atoms with Crippen molar-refractivity contribution in [1.29, 1.82) is 0 Å². The lowest BCUT2D eigenvalue weighted by molar-refractivity contribution is 0.0933. The summed E-state index contributed by atoms with van der Waals surface area (Å²) < 4.78 is 16.0. The lowest BCUT2D eigenvalue weighted by Crippen LogP contribution is -2.41. The first-order valence-corrected chi connectivity index (χ1v) is 9.49.